The summed E-state index contributed by atoms with van der Waals surface area (Å²) in [5.41, 5.74) is 0. The molecule has 0 radical (unpaired) electrons. The van der Waals surface area contributed by atoms with E-state index in [4.69, 9.17) is 4.42 Å². The molecule has 8 nitrogen and oxygen atoms in total. The van der Waals surface area contributed by atoms with Gasteiger partial charge in [-0.3, -0.25) is 14.9 Å². The van der Waals surface area contributed by atoms with Gasteiger partial charge < -0.3 is 19.5 Å². The first-order chi connectivity index (χ1) is 7.99. The summed E-state index contributed by atoms with van der Waals surface area (Å²) in [6.45, 7) is -0.0387. The van der Waals surface area contributed by atoms with Crippen LogP contribution in [0.15, 0.2) is 16.5 Å². The Hall–Kier alpha value is -1.93. The average Bonchev–Trinajstić information content (AvgIpc) is 2.86. The Kier molecular flexibility index (Phi) is 2.82. The minimum atomic E-state index is -0.996. The summed E-state index contributed by atoms with van der Waals surface area (Å²) >= 11 is 0. The predicted molar refractivity (Wildman–Crippen MR) is 53.3 cm³/mol. The average molecular weight is 242 g/mol. The zero-order valence-electron chi connectivity index (χ0n) is 8.65. The molecule has 17 heavy (non-hydrogen) atoms. The normalized spacial score (nSPS) is 24.0. The second kappa shape index (κ2) is 4.15. The van der Waals surface area contributed by atoms with Gasteiger partial charge in [0.1, 0.15) is 4.92 Å². The molecule has 1 amide bonds. The fourth-order valence-corrected chi connectivity index (χ4v) is 1.63. The fourth-order valence-electron chi connectivity index (χ4n) is 1.63. The van der Waals surface area contributed by atoms with E-state index in [1.54, 1.807) is 0 Å². The Morgan fingerprint density at radius 3 is 2.47 bits per heavy atom. The van der Waals surface area contributed by atoms with Gasteiger partial charge in [0.25, 0.3) is 5.91 Å². The van der Waals surface area contributed by atoms with Gasteiger partial charge in [0.2, 0.25) is 0 Å². The molecule has 0 unspecified atom stereocenters. The number of aliphatic hydroxyl groups is 2. The van der Waals surface area contributed by atoms with Gasteiger partial charge >= 0.3 is 5.88 Å². The molecule has 2 N–H and O–H groups in total. The summed E-state index contributed by atoms with van der Waals surface area (Å²) in [5.74, 6) is -1.29. The minimum absolute atomic E-state index is 0.0193. The molecule has 1 saturated heterocycles. The summed E-state index contributed by atoms with van der Waals surface area (Å²) in [4.78, 5) is 22.6. The summed E-state index contributed by atoms with van der Waals surface area (Å²) in [6.07, 6.45) is -1.99. The Labute approximate surface area is 95.2 Å². The van der Waals surface area contributed by atoms with E-state index >= 15 is 0 Å². The number of hydrogen-bond donors (Lipinski definition) is 2. The van der Waals surface area contributed by atoms with Crippen molar-refractivity contribution in [3.63, 3.8) is 0 Å². The third-order valence-electron chi connectivity index (χ3n) is 2.53. The lowest BCUT2D eigenvalue weighted by atomic mass is 10.3. The number of rotatable bonds is 2. The Bertz CT molecular complexity index is 446. The monoisotopic (exact) mass is 242 g/mol. The van der Waals surface area contributed by atoms with Gasteiger partial charge in [0.05, 0.1) is 18.3 Å². The number of nitrogens with zero attached hydrogens (tertiary/aromatic N) is 2. The van der Waals surface area contributed by atoms with Crippen molar-refractivity contribution in [2.75, 3.05) is 13.1 Å². The quantitative estimate of drug-likeness (QED) is 0.526. The molecule has 0 aromatic carbocycles. The van der Waals surface area contributed by atoms with Crippen molar-refractivity contribution in [2.24, 2.45) is 0 Å². The highest BCUT2D eigenvalue weighted by Crippen LogP contribution is 2.19. The van der Waals surface area contributed by atoms with Crippen molar-refractivity contribution >= 4 is 11.8 Å². The molecule has 2 atom stereocenters. The van der Waals surface area contributed by atoms with E-state index in [1.807, 2.05) is 0 Å². The van der Waals surface area contributed by atoms with Crippen molar-refractivity contribution in [3.05, 3.63) is 28.0 Å². The van der Waals surface area contributed by atoms with Crippen LogP contribution in [0.1, 0.15) is 10.6 Å². The maximum Gasteiger partial charge on any atom is 0.433 e. The number of likely N-dealkylation sites (tertiary alicyclic amines) is 1. The van der Waals surface area contributed by atoms with E-state index < -0.39 is 28.9 Å². The van der Waals surface area contributed by atoms with Gasteiger partial charge in [-0.05, 0) is 6.07 Å². The van der Waals surface area contributed by atoms with Crippen molar-refractivity contribution < 1.29 is 24.3 Å². The number of furan rings is 1. The van der Waals surface area contributed by atoms with Gasteiger partial charge in [0, 0.05) is 13.1 Å². The van der Waals surface area contributed by atoms with Crippen LogP contribution in [0, 0.1) is 10.1 Å². The molecule has 0 aliphatic carbocycles. The van der Waals surface area contributed by atoms with Crippen LogP contribution in [0.3, 0.4) is 0 Å². The third-order valence-corrected chi connectivity index (χ3v) is 2.53. The van der Waals surface area contributed by atoms with Crippen molar-refractivity contribution in [3.8, 4) is 0 Å². The van der Waals surface area contributed by atoms with E-state index in [0.29, 0.717) is 0 Å². The lowest BCUT2D eigenvalue weighted by Gasteiger charge is -2.12. The van der Waals surface area contributed by atoms with Gasteiger partial charge in [-0.15, -0.1) is 0 Å². The molecule has 0 saturated carbocycles. The first kappa shape index (κ1) is 11.6. The maximum atomic E-state index is 11.8. The molecule has 1 aromatic rings. The standard InChI is InChI=1S/C9H10N2O6/c12-5-3-10(4-6(5)13)9(14)7-1-2-8(17-7)11(15)16/h1-2,5-6,12-13H,3-4H2/t5-,6+. The van der Waals surface area contributed by atoms with Gasteiger partial charge in [-0.2, -0.15) is 0 Å². The zero-order valence-corrected chi connectivity index (χ0v) is 8.65. The molecule has 2 rings (SSSR count). The Morgan fingerprint density at radius 2 is 2.00 bits per heavy atom. The van der Waals surface area contributed by atoms with Crippen LogP contribution in [0.4, 0.5) is 5.88 Å². The van der Waals surface area contributed by atoms with E-state index in [0.717, 1.165) is 6.07 Å². The van der Waals surface area contributed by atoms with E-state index in [9.17, 15) is 25.1 Å². The number of carbonyl (C=O) groups excluding carboxylic acids is 1. The molecule has 1 fully saturated rings. The Morgan fingerprint density at radius 1 is 1.41 bits per heavy atom. The molecule has 1 aromatic heterocycles. The molecule has 1 aliphatic rings. The van der Waals surface area contributed by atoms with Crippen LogP contribution in [0.25, 0.3) is 0 Å². The second-order valence-electron chi connectivity index (χ2n) is 3.74. The number of β-amino-alcohol motifs (C(OH)–C–C–N with tert-alkyl or cyclic N) is 2. The Balaban J connectivity index is 2.12. The number of nitro groups is 1. The maximum absolute atomic E-state index is 11.8. The van der Waals surface area contributed by atoms with E-state index in [1.165, 1.54) is 11.0 Å². The molecule has 1 aliphatic heterocycles. The molecule has 8 heteroatoms. The van der Waals surface area contributed by atoms with Crippen molar-refractivity contribution in [2.45, 2.75) is 12.2 Å². The van der Waals surface area contributed by atoms with E-state index in [-0.39, 0.29) is 18.8 Å². The SMILES string of the molecule is O=C(c1ccc([N+](=O)[O-])o1)N1C[C@@H](O)[C@@H](O)C1. The highest BCUT2D eigenvalue weighted by atomic mass is 16.6. The zero-order chi connectivity index (χ0) is 12.6. The van der Waals surface area contributed by atoms with Gasteiger partial charge in [-0.1, -0.05) is 0 Å². The third kappa shape index (κ3) is 2.12. The van der Waals surface area contributed by atoms with Crippen LogP contribution in [0.5, 0.6) is 0 Å². The lowest BCUT2D eigenvalue weighted by molar-refractivity contribution is -0.402. The summed E-state index contributed by atoms with van der Waals surface area (Å²) in [6, 6.07) is 2.27. The second-order valence-corrected chi connectivity index (χ2v) is 3.74. The highest BCUT2D eigenvalue weighted by Gasteiger charge is 2.34. The van der Waals surface area contributed by atoms with Crippen LogP contribution < -0.4 is 0 Å². The van der Waals surface area contributed by atoms with Crippen molar-refractivity contribution in [1.29, 1.82) is 0 Å². The molecular formula is C9H10N2O6. The number of amides is 1. The largest absolute Gasteiger partial charge is 0.433 e. The number of aliphatic hydroxyl groups excluding tert-OH is 2. The first-order valence-corrected chi connectivity index (χ1v) is 4.88. The summed E-state index contributed by atoms with van der Waals surface area (Å²) < 4.78 is 4.74. The fraction of sp³-hybridized carbons (Fsp3) is 0.444. The summed E-state index contributed by atoms with van der Waals surface area (Å²) in [7, 11) is 0. The van der Waals surface area contributed by atoms with Crippen LogP contribution in [0.2, 0.25) is 0 Å². The molecular weight excluding hydrogens is 232 g/mol. The molecule has 0 spiro atoms. The van der Waals surface area contributed by atoms with Crippen molar-refractivity contribution in [1.82, 2.24) is 4.90 Å². The van der Waals surface area contributed by atoms with Gasteiger partial charge in [0.15, 0.2) is 5.76 Å². The smallest absolute Gasteiger partial charge is 0.395 e. The van der Waals surface area contributed by atoms with E-state index in [2.05, 4.69) is 0 Å². The lowest BCUT2D eigenvalue weighted by Crippen LogP contribution is -2.29. The molecule has 92 valence electrons. The topological polar surface area (TPSA) is 117 Å². The predicted octanol–water partition coefficient (Wildman–Crippen LogP) is -0.635. The first-order valence-electron chi connectivity index (χ1n) is 4.88. The van der Waals surface area contributed by atoms with Crippen LogP contribution >= 0.6 is 0 Å². The highest BCUT2D eigenvalue weighted by molar-refractivity contribution is 5.92. The number of carbonyl (C=O) groups is 1. The molecule has 2 heterocycles. The molecule has 0 bridgehead atoms. The summed E-state index contributed by atoms with van der Waals surface area (Å²) in [5, 5.41) is 28.9. The number of hydrogen-bond acceptors (Lipinski definition) is 6. The van der Waals surface area contributed by atoms with Crippen LogP contribution in [-0.4, -0.2) is 51.2 Å². The minimum Gasteiger partial charge on any atom is -0.395 e. The van der Waals surface area contributed by atoms with Crippen LogP contribution in [-0.2, 0) is 0 Å². The van der Waals surface area contributed by atoms with Gasteiger partial charge in [-0.25, -0.2) is 0 Å².